The molecule has 0 atom stereocenters. The smallest absolute Gasteiger partial charge is 0.261 e. The molecule has 3 rings (SSSR count). The minimum atomic E-state index is -0.00375. The minimum Gasteiger partial charge on any atom is -0.269 e. The average Bonchev–Trinajstić information content (AvgIpc) is 2.85. The second-order valence-corrected chi connectivity index (χ2v) is 5.18. The van der Waals surface area contributed by atoms with Gasteiger partial charge in [0.15, 0.2) is 0 Å². The van der Waals surface area contributed by atoms with E-state index in [0.29, 0.717) is 12.1 Å². The Morgan fingerprint density at radius 2 is 2.16 bits per heavy atom. The van der Waals surface area contributed by atoms with Gasteiger partial charge in [0.1, 0.15) is 16.3 Å². The van der Waals surface area contributed by atoms with E-state index in [1.807, 2.05) is 37.4 Å². The lowest BCUT2D eigenvalue weighted by molar-refractivity contribution is 0.970. The Labute approximate surface area is 114 Å². The van der Waals surface area contributed by atoms with Gasteiger partial charge >= 0.3 is 0 Å². The summed E-state index contributed by atoms with van der Waals surface area (Å²) in [6.07, 6.45) is 2.40. The summed E-state index contributed by atoms with van der Waals surface area (Å²) in [5, 5.41) is 2.79. The summed E-state index contributed by atoms with van der Waals surface area (Å²) in [4.78, 5) is 21.5. The van der Waals surface area contributed by atoms with Crippen molar-refractivity contribution >= 4 is 17.0 Å². The predicted molar refractivity (Wildman–Crippen MR) is 76.7 cm³/mol. The molecule has 0 aliphatic heterocycles. The third-order valence-corrected chi connectivity index (χ3v) is 3.97. The van der Waals surface area contributed by atoms with Crippen LogP contribution in [-0.4, -0.2) is 14.4 Å². The van der Waals surface area contributed by atoms with Gasteiger partial charge in [0, 0.05) is 22.8 Å². The van der Waals surface area contributed by atoms with Crippen LogP contribution in [0.5, 0.6) is 0 Å². The highest BCUT2D eigenvalue weighted by molar-refractivity contribution is 7.13. The lowest BCUT2D eigenvalue weighted by Gasteiger charge is -2.07. The first-order valence-electron chi connectivity index (χ1n) is 6.13. The van der Waals surface area contributed by atoms with E-state index in [0.717, 1.165) is 22.0 Å². The lowest BCUT2D eigenvalue weighted by Crippen LogP contribution is -2.20. The van der Waals surface area contributed by atoms with E-state index < -0.39 is 0 Å². The highest BCUT2D eigenvalue weighted by atomic mass is 32.1. The average molecular weight is 271 g/mol. The van der Waals surface area contributed by atoms with Gasteiger partial charge in [0.25, 0.3) is 5.56 Å². The maximum atomic E-state index is 12.5. The summed E-state index contributed by atoms with van der Waals surface area (Å²) in [5.74, 6) is 0. The summed E-state index contributed by atoms with van der Waals surface area (Å²) in [6.45, 7) is 3.91. The molecule has 0 aliphatic carbocycles. The number of aromatic nitrogens is 3. The lowest BCUT2D eigenvalue weighted by atomic mass is 10.2. The van der Waals surface area contributed by atoms with Gasteiger partial charge < -0.3 is 0 Å². The first-order valence-corrected chi connectivity index (χ1v) is 7.01. The van der Waals surface area contributed by atoms with E-state index in [2.05, 4.69) is 9.97 Å². The van der Waals surface area contributed by atoms with Crippen LogP contribution in [0.1, 0.15) is 18.2 Å². The topological polar surface area (TPSA) is 47.3 Å². The zero-order valence-electron chi connectivity index (χ0n) is 10.8. The van der Waals surface area contributed by atoms with Gasteiger partial charge in [0.2, 0.25) is 0 Å². The third-order valence-electron chi connectivity index (χ3n) is 3.00. The van der Waals surface area contributed by atoms with Crippen molar-refractivity contribution in [3.63, 3.8) is 0 Å². The van der Waals surface area contributed by atoms with Crippen LogP contribution in [-0.2, 0) is 6.42 Å². The highest BCUT2D eigenvalue weighted by Gasteiger charge is 2.15. The number of hydrogen-bond acceptors (Lipinski definition) is 4. The van der Waals surface area contributed by atoms with Crippen molar-refractivity contribution < 1.29 is 0 Å². The summed E-state index contributed by atoms with van der Waals surface area (Å²) in [6, 6.07) is 5.55. The minimum absolute atomic E-state index is 0.00375. The molecule has 5 heteroatoms. The van der Waals surface area contributed by atoms with Crippen molar-refractivity contribution in [2.75, 3.05) is 0 Å². The Hall–Kier alpha value is -2.01. The molecule has 4 nitrogen and oxygen atoms in total. The van der Waals surface area contributed by atoms with Crippen molar-refractivity contribution in [1.82, 2.24) is 14.4 Å². The van der Waals surface area contributed by atoms with Crippen molar-refractivity contribution in [2.24, 2.45) is 0 Å². The summed E-state index contributed by atoms with van der Waals surface area (Å²) in [7, 11) is 0. The Kier molecular flexibility index (Phi) is 2.91. The van der Waals surface area contributed by atoms with E-state index in [-0.39, 0.29) is 5.56 Å². The molecule has 0 radical (unpaired) electrons. The zero-order chi connectivity index (χ0) is 13.4. The standard InChI is InChI=1S/C14H13N3OS/c1-3-10-12(13-15-9(2)8-19-13)16-11-6-4-5-7-17(11)14(10)18/h4-8H,3H2,1-2H3. The number of pyridine rings is 1. The fraction of sp³-hybridized carbons (Fsp3) is 0.214. The molecule has 3 aromatic rings. The second kappa shape index (κ2) is 4.59. The van der Waals surface area contributed by atoms with E-state index in [9.17, 15) is 4.79 Å². The summed E-state index contributed by atoms with van der Waals surface area (Å²) < 4.78 is 1.59. The molecular formula is C14H13N3OS. The molecule has 96 valence electrons. The monoisotopic (exact) mass is 271 g/mol. The van der Waals surface area contributed by atoms with Crippen molar-refractivity contribution in [1.29, 1.82) is 0 Å². The van der Waals surface area contributed by atoms with Gasteiger partial charge in [-0.1, -0.05) is 13.0 Å². The molecule has 0 aromatic carbocycles. The Morgan fingerprint density at radius 3 is 2.84 bits per heavy atom. The van der Waals surface area contributed by atoms with Gasteiger partial charge in [-0.2, -0.15) is 0 Å². The summed E-state index contributed by atoms with van der Waals surface area (Å²) in [5.41, 5.74) is 3.05. The van der Waals surface area contributed by atoms with E-state index in [1.165, 1.54) is 11.3 Å². The number of hydrogen-bond donors (Lipinski definition) is 0. The van der Waals surface area contributed by atoms with Gasteiger partial charge in [-0.05, 0) is 25.5 Å². The molecular weight excluding hydrogens is 258 g/mol. The van der Waals surface area contributed by atoms with Gasteiger partial charge in [0.05, 0.1) is 0 Å². The maximum absolute atomic E-state index is 12.5. The first kappa shape index (κ1) is 12.0. The quantitative estimate of drug-likeness (QED) is 0.720. The van der Waals surface area contributed by atoms with Crippen molar-refractivity contribution in [3.8, 4) is 10.7 Å². The molecule has 0 unspecified atom stereocenters. The maximum Gasteiger partial charge on any atom is 0.261 e. The molecule has 0 saturated carbocycles. The van der Waals surface area contributed by atoms with Crippen LogP contribution in [0.2, 0.25) is 0 Å². The van der Waals surface area contributed by atoms with E-state index in [4.69, 9.17) is 0 Å². The molecule has 3 heterocycles. The number of rotatable bonds is 2. The van der Waals surface area contributed by atoms with E-state index in [1.54, 1.807) is 10.6 Å². The molecule has 0 bridgehead atoms. The predicted octanol–water partition coefficient (Wildman–Crippen LogP) is 2.69. The SMILES string of the molecule is CCc1c(-c2nc(C)cs2)nc2ccccn2c1=O. The summed E-state index contributed by atoms with van der Waals surface area (Å²) >= 11 is 1.53. The van der Waals surface area contributed by atoms with Crippen LogP contribution in [0.15, 0.2) is 34.6 Å². The molecule has 3 aromatic heterocycles. The van der Waals surface area contributed by atoms with Crippen molar-refractivity contribution in [2.45, 2.75) is 20.3 Å². The third kappa shape index (κ3) is 1.96. The van der Waals surface area contributed by atoms with Crippen LogP contribution in [0.25, 0.3) is 16.3 Å². The number of aryl methyl sites for hydroxylation is 1. The van der Waals surface area contributed by atoms with Crippen LogP contribution in [0, 0.1) is 6.92 Å². The fourth-order valence-electron chi connectivity index (χ4n) is 2.08. The first-order chi connectivity index (χ1) is 9.20. The number of fused-ring (bicyclic) bond motifs is 1. The molecule has 0 N–H and O–H groups in total. The molecule has 0 fully saturated rings. The van der Waals surface area contributed by atoms with Gasteiger partial charge in [-0.3, -0.25) is 9.20 Å². The number of thiazole rings is 1. The molecule has 0 amide bonds. The molecule has 0 saturated heterocycles. The van der Waals surface area contributed by atoms with Crippen LogP contribution in [0.4, 0.5) is 0 Å². The second-order valence-electron chi connectivity index (χ2n) is 4.32. The highest BCUT2D eigenvalue weighted by Crippen LogP contribution is 2.24. The Balaban J connectivity index is 2.38. The Morgan fingerprint density at radius 1 is 1.32 bits per heavy atom. The van der Waals surface area contributed by atoms with Gasteiger partial charge in [-0.25, -0.2) is 9.97 Å². The van der Waals surface area contributed by atoms with Crippen LogP contribution in [0.3, 0.4) is 0 Å². The van der Waals surface area contributed by atoms with Crippen molar-refractivity contribution in [3.05, 3.63) is 51.4 Å². The fourth-order valence-corrected chi connectivity index (χ4v) is 2.90. The van der Waals surface area contributed by atoms with Crippen LogP contribution >= 0.6 is 11.3 Å². The molecule has 0 aliphatic rings. The normalized spacial score (nSPS) is 11.1. The number of nitrogens with zero attached hydrogens (tertiary/aromatic N) is 3. The molecule has 0 spiro atoms. The van der Waals surface area contributed by atoms with Crippen LogP contribution < -0.4 is 5.56 Å². The Bertz CT molecular complexity index is 804. The zero-order valence-corrected chi connectivity index (χ0v) is 11.6. The largest absolute Gasteiger partial charge is 0.269 e. The van der Waals surface area contributed by atoms with E-state index >= 15 is 0 Å². The molecule has 19 heavy (non-hydrogen) atoms. The van der Waals surface area contributed by atoms with Gasteiger partial charge in [-0.15, -0.1) is 11.3 Å².